The quantitative estimate of drug-likeness (QED) is 0.439. The van der Waals surface area contributed by atoms with Gasteiger partial charge in [0.2, 0.25) is 0 Å². The molecule has 2 atom stereocenters. The van der Waals surface area contributed by atoms with Crippen LogP contribution in [0.2, 0.25) is 0 Å². The third-order valence-electron chi connectivity index (χ3n) is 5.01. The average molecular weight is 396 g/mol. The topological polar surface area (TPSA) is 32.7 Å². The van der Waals surface area contributed by atoms with E-state index in [0.717, 1.165) is 25.8 Å². The van der Waals surface area contributed by atoms with Crippen LogP contribution >= 0.6 is 0 Å². The van der Waals surface area contributed by atoms with E-state index < -0.39 is 5.60 Å². The Hall–Kier alpha value is -2.26. The Bertz CT molecular complexity index is 734. The van der Waals surface area contributed by atoms with Crippen molar-refractivity contribution in [1.82, 2.24) is 4.90 Å². The van der Waals surface area contributed by atoms with Crippen molar-refractivity contribution < 1.29 is 9.84 Å². The Morgan fingerprint density at radius 2 is 1.62 bits per heavy atom. The maximum Gasteiger partial charge on any atom is 0.274 e. The van der Waals surface area contributed by atoms with E-state index >= 15 is 0 Å². The fourth-order valence-corrected chi connectivity index (χ4v) is 3.53. The SMILES string of the molecule is CCCCC(/C=C(\O)OC(C)(C)C)N(Cc1ccccc1)[C@@H](C)c1ccccc1. The number of aliphatic hydroxyl groups is 1. The molecule has 3 nitrogen and oxygen atoms in total. The molecule has 3 heteroatoms. The number of nitrogens with zero attached hydrogens (tertiary/aromatic N) is 1. The third-order valence-corrected chi connectivity index (χ3v) is 5.01. The molecule has 0 aliphatic rings. The molecule has 158 valence electrons. The largest absolute Gasteiger partial charge is 0.481 e. The molecule has 0 saturated heterocycles. The zero-order valence-electron chi connectivity index (χ0n) is 18.6. The van der Waals surface area contributed by atoms with Gasteiger partial charge in [0.1, 0.15) is 5.60 Å². The lowest BCUT2D eigenvalue weighted by molar-refractivity contribution is -0.0178. The van der Waals surface area contributed by atoms with Crippen LogP contribution in [0.5, 0.6) is 0 Å². The summed E-state index contributed by atoms with van der Waals surface area (Å²) < 4.78 is 5.72. The van der Waals surface area contributed by atoms with Gasteiger partial charge in [-0.05, 0) is 45.2 Å². The van der Waals surface area contributed by atoms with Crippen molar-refractivity contribution in [2.24, 2.45) is 0 Å². The molecule has 1 unspecified atom stereocenters. The molecule has 1 N–H and O–H groups in total. The number of hydrogen-bond acceptors (Lipinski definition) is 3. The maximum atomic E-state index is 10.5. The highest BCUT2D eigenvalue weighted by atomic mass is 16.6. The fraction of sp³-hybridized carbons (Fsp3) is 0.462. The van der Waals surface area contributed by atoms with Crippen molar-refractivity contribution in [2.75, 3.05) is 0 Å². The van der Waals surface area contributed by atoms with E-state index in [-0.39, 0.29) is 18.0 Å². The highest BCUT2D eigenvalue weighted by Crippen LogP contribution is 2.28. The molecule has 0 fully saturated rings. The number of hydrogen-bond donors (Lipinski definition) is 1. The summed E-state index contributed by atoms with van der Waals surface area (Å²) in [6.07, 6.45) is 5.07. The first-order valence-corrected chi connectivity index (χ1v) is 10.7. The molecule has 0 bridgehead atoms. The maximum absolute atomic E-state index is 10.5. The first-order valence-electron chi connectivity index (χ1n) is 10.7. The smallest absolute Gasteiger partial charge is 0.274 e. The van der Waals surface area contributed by atoms with Gasteiger partial charge in [-0.3, -0.25) is 4.90 Å². The van der Waals surface area contributed by atoms with E-state index in [1.54, 1.807) is 0 Å². The molecule has 2 aromatic carbocycles. The van der Waals surface area contributed by atoms with Crippen LogP contribution in [0.3, 0.4) is 0 Å². The Balaban J connectivity index is 2.37. The molecular weight excluding hydrogens is 358 g/mol. The van der Waals surface area contributed by atoms with Crippen LogP contribution in [0.1, 0.15) is 71.0 Å². The summed E-state index contributed by atoms with van der Waals surface area (Å²) in [7, 11) is 0. The minimum atomic E-state index is -0.425. The van der Waals surface area contributed by atoms with Gasteiger partial charge in [0.15, 0.2) is 0 Å². The summed E-state index contributed by atoms with van der Waals surface area (Å²) in [6, 6.07) is 21.4. The van der Waals surface area contributed by atoms with Gasteiger partial charge in [-0.25, -0.2) is 0 Å². The van der Waals surface area contributed by atoms with Gasteiger partial charge >= 0.3 is 0 Å². The molecule has 0 aromatic heterocycles. The lowest BCUT2D eigenvalue weighted by Crippen LogP contribution is -2.36. The summed E-state index contributed by atoms with van der Waals surface area (Å²) in [6.45, 7) is 11.1. The van der Waals surface area contributed by atoms with E-state index in [1.807, 2.05) is 32.9 Å². The number of ether oxygens (including phenoxy) is 1. The lowest BCUT2D eigenvalue weighted by Gasteiger charge is -2.36. The van der Waals surface area contributed by atoms with Gasteiger partial charge in [0.25, 0.3) is 5.95 Å². The number of unbranched alkanes of at least 4 members (excludes halogenated alkanes) is 1. The molecule has 0 aliphatic heterocycles. The summed E-state index contributed by atoms with van der Waals surface area (Å²) in [5.74, 6) is 0.0110. The van der Waals surface area contributed by atoms with Gasteiger partial charge in [-0.2, -0.15) is 0 Å². The summed E-state index contributed by atoms with van der Waals surface area (Å²) >= 11 is 0. The van der Waals surface area contributed by atoms with Crippen LogP contribution in [0.25, 0.3) is 0 Å². The monoisotopic (exact) mass is 395 g/mol. The van der Waals surface area contributed by atoms with Gasteiger partial charge in [0, 0.05) is 24.7 Å². The zero-order valence-corrected chi connectivity index (χ0v) is 18.6. The lowest BCUT2D eigenvalue weighted by atomic mass is 10.00. The summed E-state index contributed by atoms with van der Waals surface area (Å²) in [5, 5.41) is 10.5. The molecule has 29 heavy (non-hydrogen) atoms. The van der Waals surface area contributed by atoms with Gasteiger partial charge in [-0.15, -0.1) is 0 Å². The van der Waals surface area contributed by atoms with Crippen molar-refractivity contribution in [2.45, 2.75) is 78.1 Å². The summed E-state index contributed by atoms with van der Waals surface area (Å²) in [4.78, 5) is 2.46. The highest BCUT2D eigenvalue weighted by molar-refractivity contribution is 5.21. The molecule has 0 radical (unpaired) electrons. The van der Waals surface area contributed by atoms with Crippen LogP contribution in [0.4, 0.5) is 0 Å². The predicted octanol–water partition coefficient (Wildman–Crippen LogP) is 7.02. The highest BCUT2D eigenvalue weighted by Gasteiger charge is 2.25. The Labute approximate surface area is 177 Å². The van der Waals surface area contributed by atoms with Crippen LogP contribution in [0.15, 0.2) is 72.7 Å². The molecule has 0 heterocycles. The molecule has 2 rings (SSSR count). The third kappa shape index (κ3) is 7.94. The van der Waals surface area contributed by atoms with Crippen LogP contribution < -0.4 is 0 Å². The predicted molar refractivity (Wildman–Crippen MR) is 122 cm³/mol. The minimum absolute atomic E-state index is 0.0110. The minimum Gasteiger partial charge on any atom is -0.481 e. The molecular formula is C26H37NO2. The first-order chi connectivity index (χ1) is 13.8. The molecule has 0 aliphatic carbocycles. The molecule has 0 amide bonds. The molecule has 0 saturated carbocycles. The average Bonchev–Trinajstić information content (AvgIpc) is 2.69. The van der Waals surface area contributed by atoms with Crippen molar-refractivity contribution in [1.29, 1.82) is 0 Å². The Morgan fingerprint density at radius 1 is 1.03 bits per heavy atom. The normalized spacial score (nSPS) is 14.6. The first kappa shape index (κ1) is 23.0. The van der Waals surface area contributed by atoms with Crippen molar-refractivity contribution in [3.63, 3.8) is 0 Å². The second kappa shape index (κ2) is 11.1. The van der Waals surface area contributed by atoms with Crippen molar-refractivity contribution >= 4 is 0 Å². The summed E-state index contributed by atoms with van der Waals surface area (Å²) in [5.41, 5.74) is 2.11. The molecule has 0 spiro atoms. The Morgan fingerprint density at radius 3 is 2.17 bits per heavy atom. The zero-order chi connectivity index (χ0) is 21.3. The number of benzene rings is 2. The standard InChI is InChI=1S/C26H37NO2/c1-6-7-18-24(19-25(28)29-26(3,4)5)27(20-22-14-10-8-11-15-22)21(2)23-16-12-9-13-17-23/h8-17,19,21,24,28H,6-7,18,20H2,1-5H3/b25-19+/t21-,24?/m0/s1. The van der Waals surface area contributed by atoms with Crippen LogP contribution in [-0.4, -0.2) is 21.6 Å². The Kier molecular flexibility index (Phi) is 8.78. The second-order valence-corrected chi connectivity index (χ2v) is 8.67. The van der Waals surface area contributed by atoms with Gasteiger partial charge in [-0.1, -0.05) is 80.4 Å². The van der Waals surface area contributed by atoms with E-state index in [2.05, 4.69) is 73.3 Å². The van der Waals surface area contributed by atoms with E-state index in [0.29, 0.717) is 0 Å². The second-order valence-electron chi connectivity index (χ2n) is 8.67. The van der Waals surface area contributed by atoms with Gasteiger partial charge < -0.3 is 9.84 Å². The number of aliphatic hydroxyl groups excluding tert-OH is 1. The number of rotatable bonds is 10. The fourth-order valence-electron chi connectivity index (χ4n) is 3.53. The van der Waals surface area contributed by atoms with E-state index in [9.17, 15) is 5.11 Å². The van der Waals surface area contributed by atoms with Gasteiger partial charge in [0.05, 0.1) is 0 Å². The van der Waals surface area contributed by atoms with Crippen molar-refractivity contribution in [3.05, 3.63) is 83.8 Å². The van der Waals surface area contributed by atoms with E-state index in [4.69, 9.17) is 4.74 Å². The van der Waals surface area contributed by atoms with Crippen molar-refractivity contribution in [3.8, 4) is 0 Å². The van der Waals surface area contributed by atoms with E-state index in [1.165, 1.54) is 11.1 Å². The van der Waals surface area contributed by atoms with Crippen LogP contribution in [0, 0.1) is 0 Å². The van der Waals surface area contributed by atoms with Crippen LogP contribution in [-0.2, 0) is 11.3 Å². The molecule has 2 aromatic rings.